The Labute approximate surface area is 158 Å². The van der Waals surface area contributed by atoms with E-state index in [1.165, 1.54) is 0 Å². The highest BCUT2D eigenvalue weighted by atomic mass is 32.2. The van der Waals surface area contributed by atoms with Gasteiger partial charge in [0.25, 0.3) is 5.91 Å². The van der Waals surface area contributed by atoms with Crippen LogP contribution in [-0.4, -0.2) is 36.6 Å². The van der Waals surface area contributed by atoms with Crippen molar-refractivity contribution < 1.29 is 26.4 Å². The molecule has 0 bridgehead atoms. The lowest BCUT2D eigenvalue weighted by molar-refractivity contribution is -0.137. The Kier molecular flexibility index (Phi) is 5.32. The van der Waals surface area contributed by atoms with E-state index in [4.69, 9.17) is 0 Å². The van der Waals surface area contributed by atoms with Crippen LogP contribution < -0.4 is 5.32 Å². The van der Waals surface area contributed by atoms with Crippen LogP contribution in [0.25, 0.3) is 10.8 Å². The molecule has 0 aliphatic rings. The van der Waals surface area contributed by atoms with E-state index in [1.54, 1.807) is 36.7 Å². The van der Waals surface area contributed by atoms with Crippen LogP contribution in [0.3, 0.4) is 0 Å². The molecule has 10 heteroatoms. The lowest BCUT2D eigenvalue weighted by atomic mass is 10.1. The van der Waals surface area contributed by atoms with E-state index >= 15 is 0 Å². The van der Waals surface area contributed by atoms with Gasteiger partial charge in [0.1, 0.15) is 0 Å². The topological polar surface area (TPSA) is 89.0 Å². The molecule has 0 atom stereocenters. The third-order valence-corrected chi connectivity index (χ3v) is 5.56. The minimum absolute atomic E-state index is 0.213. The maximum Gasteiger partial charge on any atom is 0.417 e. The minimum Gasteiger partial charge on any atom is -0.351 e. The van der Waals surface area contributed by atoms with E-state index in [9.17, 15) is 26.4 Å². The number of hydrogen-bond donors (Lipinski definition) is 1. The number of pyridine rings is 2. The number of benzene rings is 1. The van der Waals surface area contributed by atoms with Gasteiger partial charge in [-0.25, -0.2) is 13.4 Å². The number of nitrogens with zero attached hydrogens (tertiary/aromatic N) is 2. The first-order chi connectivity index (χ1) is 13.2. The summed E-state index contributed by atoms with van der Waals surface area (Å²) >= 11 is 0. The molecule has 0 saturated heterocycles. The molecule has 2 aromatic heterocycles. The van der Waals surface area contributed by atoms with E-state index in [1.807, 2.05) is 0 Å². The highest BCUT2D eigenvalue weighted by Gasteiger charge is 2.31. The average Bonchev–Trinajstić information content (AvgIpc) is 2.67. The summed E-state index contributed by atoms with van der Waals surface area (Å²) in [5.74, 6) is -0.965. The number of nitrogens with one attached hydrogen (secondary N) is 1. The number of alkyl halides is 3. The smallest absolute Gasteiger partial charge is 0.351 e. The van der Waals surface area contributed by atoms with Crippen LogP contribution in [0.2, 0.25) is 0 Å². The van der Waals surface area contributed by atoms with Gasteiger partial charge in [0, 0.05) is 36.1 Å². The second-order valence-corrected chi connectivity index (χ2v) is 7.95. The average molecular weight is 409 g/mol. The number of sulfone groups is 1. The lowest BCUT2D eigenvalue weighted by Gasteiger charge is -2.09. The van der Waals surface area contributed by atoms with Crippen LogP contribution in [0.5, 0.6) is 0 Å². The van der Waals surface area contributed by atoms with Crippen LogP contribution in [0.15, 0.2) is 60.0 Å². The van der Waals surface area contributed by atoms with E-state index in [0.717, 1.165) is 16.8 Å². The molecule has 0 radical (unpaired) electrons. The largest absolute Gasteiger partial charge is 0.417 e. The number of amides is 1. The van der Waals surface area contributed by atoms with Crippen LogP contribution in [0, 0.1) is 0 Å². The fourth-order valence-electron chi connectivity index (χ4n) is 2.46. The molecule has 0 fully saturated rings. The van der Waals surface area contributed by atoms with E-state index in [-0.39, 0.29) is 6.54 Å². The van der Waals surface area contributed by atoms with Gasteiger partial charge in [-0.15, -0.1) is 0 Å². The van der Waals surface area contributed by atoms with Gasteiger partial charge in [0.15, 0.2) is 14.9 Å². The zero-order valence-corrected chi connectivity index (χ0v) is 15.1. The molecule has 146 valence electrons. The van der Waals surface area contributed by atoms with Gasteiger partial charge in [0.2, 0.25) is 0 Å². The van der Waals surface area contributed by atoms with Gasteiger partial charge in [-0.05, 0) is 35.7 Å². The molecule has 1 aromatic carbocycles. The van der Waals surface area contributed by atoms with Crippen molar-refractivity contribution in [2.75, 3.05) is 12.3 Å². The second-order valence-electron chi connectivity index (χ2n) is 5.90. The molecular formula is C18H14F3N3O3S. The van der Waals surface area contributed by atoms with Crippen molar-refractivity contribution in [1.82, 2.24) is 15.3 Å². The van der Waals surface area contributed by atoms with Crippen LogP contribution in [0.4, 0.5) is 13.2 Å². The molecule has 1 N–H and O–H groups in total. The zero-order valence-electron chi connectivity index (χ0n) is 14.3. The standard InChI is InChI=1S/C18H14F3N3O3S/c19-18(20,21)15-3-4-16(24-11-15)28(26,27)8-7-23-17(25)13-2-1-12-5-6-22-10-14(12)9-13/h1-6,9-11H,7-8H2,(H,23,25). The number of hydrogen-bond acceptors (Lipinski definition) is 5. The molecule has 6 nitrogen and oxygen atoms in total. The Balaban J connectivity index is 1.63. The molecule has 1 amide bonds. The molecule has 3 rings (SSSR count). The normalized spacial score (nSPS) is 12.1. The predicted octanol–water partition coefficient (Wildman–Crippen LogP) is 2.85. The molecule has 0 aliphatic heterocycles. The molecule has 3 aromatic rings. The number of aromatic nitrogens is 2. The van der Waals surface area contributed by atoms with Gasteiger partial charge in [0.05, 0.1) is 11.3 Å². The Morgan fingerprint density at radius 2 is 1.82 bits per heavy atom. The lowest BCUT2D eigenvalue weighted by Crippen LogP contribution is -2.29. The molecule has 0 aliphatic carbocycles. The van der Waals surface area contributed by atoms with Crippen molar-refractivity contribution in [3.8, 4) is 0 Å². The maximum atomic E-state index is 12.5. The SMILES string of the molecule is O=C(NCCS(=O)(=O)c1ccc(C(F)(F)F)cn1)c1ccc2ccncc2c1. The van der Waals surface area contributed by atoms with E-state index in [2.05, 4.69) is 15.3 Å². The summed E-state index contributed by atoms with van der Waals surface area (Å²) in [6.45, 7) is -0.213. The van der Waals surface area contributed by atoms with Crippen molar-refractivity contribution in [3.63, 3.8) is 0 Å². The Morgan fingerprint density at radius 3 is 2.50 bits per heavy atom. The summed E-state index contributed by atoms with van der Waals surface area (Å²) in [5.41, 5.74) is -0.698. The van der Waals surface area contributed by atoms with Gasteiger partial charge < -0.3 is 5.32 Å². The summed E-state index contributed by atoms with van der Waals surface area (Å²) in [4.78, 5) is 19.6. The number of halogens is 3. The molecule has 28 heavy (non-hydrogen) atoms. The molecular weight excluding hydrogens is 395 g/mol. The summed E-state index contributed by atoms with van der Waals surface area (Å²) in [7, 11) is -3.94. The number of carbonyl (C=O) groups is 1. The zero-order chi connectivity index (χ0) is 20.4. The maximum absolute atomic E-state index is 12.5. The summed E-state index contributed by atoms with van der Waals surface area (Å²) in [6, 6.07) is 8.22. The second kappa shape index (κ2) is 7.55. The Morgan fingerprint density at radius 1 is 1.04 bits per heavy atom. The monoisotopic (exact) mass is 409 g/mol. The van der Waals surface area contributed by atoms with Crippen molar-refractivity contribution >= 4 is 26.5 Å². The molecule has 0 saturated carbocycles. The van der Waals surface area contributed by atoms with Crippen LogP contribution in [-0.2, 0) is 16.0 Å². The quantitative estimate of drug-likeness (QED) is 0.700. The molecule has 0 spiro atoms. The summed E-state index contributed by atoms with van der Waals surface area (Å²) < 4.78 is 61.9. The summed E-state index contributed by atoms with van der Waals surface area (Å²) in [6.07, 6.45) is -0.901. The van der Waals surface area contributed by atoms with Gasteiger partial charge in [-0.2, -0.15) is 13.2 Å². The van der Waals surface area contributed by atoms with Crippen molar-refractivity contribution in [2.24, 2.45) is 0 Å². The van der Waals surface area contributed by atoms with Crippen molar-refractivity contribution in [1.29, 1.82) is 0 Å². The Hall–Kier alpha value is -3.01. The van der Waals surface area contributed by atoms with Crippen LogP contribution >= 0.6 is 0 Å². The highest BCUT2D eigenvalue weighted by Crippen LogP contribution is 2.28. The van der Waals surface area contributed by atoms with Crippen molar-refractivity contribution in [2.45, 2.75) is 11.2 Å². The molecule has 2 heterocycles. The highest BCUT2D eigenvalue weighted by molar-refractivity contribution is 7.91. The third-order valence-electron chi connectivity index (χ3n) is 3.94. The van der Waals surface area contributed by atoms with E-state index < -0.39 is 38.3 Å². The number of carbonyl (C=O) groups excluding carboxylic acids is 1. The Bertz CT molecular complexity index is 1110. The van der Waals surface area contributed by atoms with Crippen LogP contribution in [0.1, 0.15) is 15.9 Å². The van der Waals surface area contributed by atoms with Crippen molar-refractivity contribution in [3.05, 3.63) is 66.1 Å². The number of rotatable bonds is 5. The first kappa shape index (κ1) is 19.7. The fraction of sp³-hybridized carbons (Fsp3) is 0.167. The van der Waals surface area contributed by atoms with Gasteiger partial charge in [-0.3, -0.25) is 9.78 Å². The third kappa shape index (κ3) is 4.45. The van der Waals surface area contributed by atoms with Gasteiger partial charge >= 0.3 is 6.18 Å². The number of fused-ring (bicyclic) bond motifs is 1. The first-order valence-corrected chi connectivity index (χ1v) is 9.70. The predicted molar refractivity (Wildman–Crippen MR) is 95.4 cm³/mol. The minimum atomic E-state index is -4.60. The first-order valence-electron chi connectivity index (χ1n) is 8.05. The molecule has 0 unspecified atom stereocenters. The summed E-state index contributed by atoms with van der Waals surface area (Å²) in [5, 5.41) is 3.66. The van der Waals surface area contributed by atoms with Gasteiger partial charge in [-0.1, -0.05) is 6.07 Å². The van der Waals surface area contributed by atoms with E-state index in [0.29, 0.717) is 17.8 Å². The fourth-order valence-corrected chi connectivity index (χ4v) is 3.53.